The van der Waals surface area contributed by atoms with Gasteiger partial charge in [-0.1, -0.05) is 0 Å². The molecule has 0 aromatic carbocycles. The number of amides is 1. The summed E-state index contributed by atoms with van der Waals surface area (Å²) in [4.78, 5) is 50.3. The molecule has 2 aliphatic heterocycles. The van der Waals surface area contributed by atoms with Crippen LogP contribution >= 0.6 is 7.60 Å². The van der Waals surface area contributed by atoms with E-state index in [2.05, 4.69) is 10.3 Å². The van der Waals surface area contributed by atoms with E-state index >= 15 is 0 Å². The molecule has 1 aromatic heterocycles. The molecule has 2 aliphatic rings. The first-order valence-electron chi connectivity index (χ1n) is 11.7. The molecule has 11 N–H and O–H groups in total. The van der Waals surface area contributed by atoms with Gasteiger partial charge in [-0.25, -0.2) is 9.59 Å². The van der Waals surface area contributed by atoms with E-state index in [0.717, 1.165) is 17.7 Å². The molecular formula is C20H31N4O15P. The van der Waals surface area contributed by atoms with Crippen molar-refractivity contribution in [2.45, 2.75) is 73.7 Å². The van der Waals surface area contributed by atoms with Crippen molar-refractivity contribution >= 4 is 25.3 Å². The minimum absolute atomic E-state index is 0.139. The summed E-state index contributed by atoms with van der Waals surface area (Å²) in [6, 6.07) is -0.394. The van der Waals surface area contributed by atoms with Gasteiger partial charge in [0, 0.05) is 19.5 Å². The number of carboxylic acids is 1. The van der Waals surface area contributed by atoms with Crippen LogP contribution in [0.1, 0.15) is 19.6 Å². The molecule has 0 spiro atoms. The molecule has 0 saturated carbocycles. The van der Waals surface area contributed by atoms with Crippen molar-refractivity contribution in [1.82, 2.24) is 14.9 Å². The average molecular weight is 598 g/mol. The van der Waals surface area contributed by atoms with E-state index in [1.807, 2.05) is 0 Å². The number of anilines is 1. The zero-order valence-corrected chi connectivity index (χ0v) is 21.7. The van der Waals surface area contributed by atoms with Gasteiger partial charge in [0.2, 0.25) is 5.91 Å². The number of hydrogen-bond acceptors (Lipinski definition) is 15. The van der Waals surface area contributed by atoms with Crippen LogP contribution in [0.4, 0.5) is 5.82 Å². The fourth-order valence-electron chi connectivity index (χ4n) is 4.43. The lowest BCUT2D eigenvalue weighted by atomic mass is 9.89. The number of rotatable bonds is 10. The second-order valence-electron chi connectivity index (χ2n) is 9.32. The maximum Gasteiger partial charge on any atom is 0.371 e. The number of aliphatic hydroxyl groups is 6. The molecule has 3 heterocycles. The first kappa shape index (κ1) is 32.0. The number of aromatic nitrogens is 2. The van der Waals surface area contributed by atoms with Crippen molar-refractivity contribution < 1.29 is 68.8 Å². The van der Waals surface area contributed by atoms with Gasteiger partial charge in [-0.2, -0.15) is 4.98 Å². The van der Waals surface area contributed by atoms with E-state index in [1.165, 1.54) is 6.07 Å². The lowest BCUT2D eigenvalue weighted by Gasteiger charge is -2.47. The van der Waals surface area contributed by atoms with Crippen molar-refractivity contribution in [1.29, 1.82) is 0 Å². The molecule has 40 heavy (non-hydrogen) atoms. The Morgan fingerprint density at radius 2 is 1.98 bits per heavy atom. The highest BCUT2D eigenvalue weighted by Crippen LogP contribution is 2.61. The van der Waals surface area contributed by atoms with Gasteiger partial charge < -0.3 is 65.7 Å². The molecule has 2 fully saturated rings. The monoisotopic (exact) mass is 598 g/mol. The number of aliphatic carboxylic acids is 1. The third-order valence-corrected chi connectivity index (χ3v) is 8.43. The number of ether oxygens (including phenoxy) is 2. The van der Waals surface area contributed by atoms with Gasteiger partial charge in [-0.05, 0) is 6.07 Å². The normalized spacial score (nSPS) is 35.5. The Kier molecular flexibility index (Phi) is 9.70. The molecule has 0 radical (unpaired) electrons. The van der Waals surface area contributed by atoms with Crippen LogP contribution in [-0.4, -0.2) is 129 Å². The van der Waals surface area contributed by atoms with Gasteiger partial charge >= 0.3 is 19.3 Å². The van der Waals surface area contributed by atoms with Crippen LogP contribution in [0, 0.1) is 0 Å². The Bertz CT molecular complexity index is 1200. The average Bonchev–Trinajstić information content (AvgIpc) is 3.15. The number of nitrogens with one attached hydrogen (secondary N) is 1. The third kappa shape index (κ3) is 6.04. The predicted octanol–water partition coefficient (Wildman–Crippen LogP) is -5.20. The molecule has 226 valence electrons. The second kappa shape index (κ2) is 12.1. The number of hydrogen-bond donors (Lipinski definition) is 10. The maximum atomic E-state index is 13.4. The first-order valence-corrected chi connectivity index (χ1v) is 13.3. The summed E-state index contributed by atoms with van der Waals surface area (Å²) in [6.07, 6.45) is -14.9. The van der Waals surface area contributed by atoms with Gasteiger partial charge in [0.25, 0.3) is 5.34 Å². The van der Waals surface area contributed by atoms with E-state index in [1.54, 1.807) is 0 Å². The number of nitrogens with two attached hydrogens (primary N) is 1. The van der Waals surface area contributed by atoms with Crippen molar-refractivity contribution in [3.63, 3.8) is 0 Å². The summed E-state index contributed by atoms with van der Waals surface area (Å²) in [5.41, 5.74) is 4.46. The Balaban J connectivity index is 1.87. The fourth-order valence-corrected chi connectivity index (χ4v) is 5.91. The largest absolute Gasteiger partial charge is 0.479 e. The quantitative estimate of drug-likeness (QED) is 0.112. The molecule has 0 aliphatic carbocycles. The molecule has 20 heteroatoms. The molecule has 11 atom stereocenters. The van der Waals surface area contributed by atoms with Crippen molar-refractivity contribution in [2.24, 2.45) is 0 Å². The Morgan fingerprint density at radius 3 is 2.52 bits per heavy atom. The number of carbonyl (C=O) groups is 2. The summed E-state index contributed by atoms with van der Waals surface area (Å²) >= 11 is 0. The molecular weight excluding hydrogens is 567 g/mol. The molecule has 4 unspecified atom stereocenters. The third-order valence-electron chi connectivity index (χ3n) is 6.54. The van der Waals surface area contributed by atoms with Gasteiger partial charge in [-0.3, -0.25) is 13.9 Å². The standard InChI is InChI=1S/C20H31N4O15P/c1-7(26)22-12-8(27)4-20(18(32)33,39-16(12)13(29)9(28)5-25)40(35,36)37-6-10-14(30)15(31)17(38-10)24-3-2-11(21)23-19(24)34/h2-3,8-10,12-17,25,27-31H,4-6H2,1H3,(H,22,26)(H,32,33)(H,35,36)(H2,21,23,34)/t8-,9-,10-,12-,13-,14?,15?,16?,17-,20+/m1/s1. The Morgan fingerprint density at radius 1 is 1.32 bits per heavy atom. The number of aliphatic hydroxyl groups excluding tert-OH is 6. The van der Waals surface area contributed by atoms with Crippen LogP contribution < -0.4 is 16.7 Å². The highest BCUT2D eigenvalue weighted by molar-refractivity contribution is 7.55. The maximum absolute atomic E-state index is 13.4. The topological polar surface area (TPSA) is 314 Å². The highest BCUT2D eigenvalue weighted by atomic mass is 31.2. The minimum Gasteiger partial charge on any atom is -0.479 e. The van der Waals surface area contributed by atoms with Crippen LogP contribution in [0.15, 0.2) is 17.1 Å². The van der Waals surface area contributed by atoms with Crippen molar-refractivity contribution in [2.75, 3.05) is 18.9 Å². The summed E-state index contributed by atoms with van der Waals surface area (Å²) in [7, 11) is -5.60. The lowest BCUT2D eigenvalue weighted by molar-refractivity contribution is -0.212. The van der Waals surface area contributed by atoms with Gasteiger partial charge in [-0.15, -0.1) is 0 Å². The number of nitrogen functional groups attached to an aromatic ring is 1. The summed E-state index contributed by atoms with van der Waals surface area (Å²) in [5, 5.41) is 69.8. The summed E-state index contributed by atoms with van der Waals surface area (Å²) in [6.45, 7) is -1.10. The zero-order chi connectivity index (χ0) is 30.2. The van der Waals surface area contributed by atoms with Crippen LogP contribution in [0.25, 0.3) is 0 Å². The molecule has 3 rings (SSSR count). The van der Waals surface area contributed by atoms with Crippen molar-refractivity contribution in [3.8, 4) is 0 Å². The number of nitrogens with zero attached hydrogens (tertiary/aromatic N) is 2. The summed E-state index contributed by atoms with van der Waals surface area (Å²) in [5.74, 6) is -3.05. The van der Waals surface area contributed by atoms with E-state index in [0.29, 0.717) is 0 Å². The van der Waals surface area contributed by atoms with Crippen LogP contribution in [0.3, 0.4) is 0 Å². The number of carbonyl (C=O) groups excluding carboxylic acids is 1. The van der Waals surface area contributed by atoms with Crippen LogP contribution in [0.2, 0.25) is 0 Å². The second-order valence-corrected chi connectivity index (χ2v) is 11.3. The fraction of sp³-hybridized carbons (Fsp3) is 0.700. The van der Waals surface area contributed by atoms with Gasteiger partial charge in [0.1, 0.15) is 42.4 Å². The van der Waals surface area contributed by atoms with E-state index in [-0.39, 0.29) is 5.82 Å². The molecule has 1 aromatic rings. The first-order chi connectivity index (χ1) is 18.6. The van der Waals surface area contributed by atoms with E-state index in [9.17, 15) is 59.6 Å². The van der Waals surface area contributed by atoms with Crippen LogP contribution in [0.5, 0.6) is 0 Å². The van der Waals surface area contributed by atoms with Gasteiger partial charge in [0.05, 0.1) is 25.4 Å². The predicted molar refractivity (Wildman–Crippen MR) is 127 cm³/mol. The molecule has 0 bridgehead atoms. The minimum atomic E-state index is -5.60. The molecule has 1 amide bonds. The Hall–Kier alpha value is -2.55. The molecule has 19 nitrogen and oxygen atoms in total. The van der Waals surface area contributed by atoms with E-state index in [4.69, 9.17) is 19.7 Å². The smallest absolute Gasteiger partial charge is 0.371 e. The van der Waals surface area contributed by atoms with Gasteiger partial charge in [0.15, 0.2) is 6.23 Å². The lowest BCUT2D eigenvalue weighted by Crippen LogP contribution is -2.67. The highest BCUT2D eigenvalue weighted by Gasteiger charge is 2.65. The molecule has 2 saturated heterocycles. The van der Waals surface area contributed by atoms with Crippen LogP contribution in [-0.2, 0) is 28.2 Å². The van der Waals surface area contributed by atoms with Crippen molar-refractivity contribution in [3.05, 3.63) is 22.7 Å². The Labute approximate surface area is 224 Å². The SMILES string of the molecule is CC(=O)N[C@H]1C([C@H](O)[C@H](O)CO)O[C@](C(=O)O)(P(=O)(O)OC[C@H]2O[C@@H](n3ccc(N)nc3=O)C(O)C2O)C[C@H]1O. The van der Waals surface area contributed by atoms with E-state index < -0.39 is 105 Å². The zero-order valence-electron chi connectivity index (χ0n) is 20.8. The summed E-state index contributed by atoms with van der Waals surface area (Å²) < 4.78 is 29.8. The number of carboxylic acid groups (broad SMARTS) is 1.